The lowest BCUT2D eigenvalue weighted by atomic mass is 9.71. The lowest BCUT2D eigenvalue weighted by molar-refractivity contribution is -0.152. The van der Waals surface area contributed by atoms with Gasteiger partial charge in [0.1, 0.15) is 11.7 Å². The summed E-state index contributed by atoms with van der Waals surface area (Å²) in [5, 5.41) is 0. The first kappa shape index (κ1) is 15.4. The quantitative estimate of drug-likeness (QED) is 0.619. The molecular formula is C17H20O4. The number of ketones is 2. The fraction of sp³-hybridized carbons (Fsp3) is 0.471. The first-order chi connectivity index (χ1) is 9.85. The smallest absolute Gasteiger partial charge is 0.316 e. The molecule has 1 aromatic carbocycles. The van der Waals surface area contributed by atoms with Gasteiger partial charge in [-0.05, 0) is 37.5 Å². The second kappa shape index (κ2) is 5.80. The number of rotatable bonds is 2. The Balaban J connectivity index is 2.54. The summed E-state index contributed by atoms with van der Waals surface area (Å²) in [6.45, 7) is 5.90. The molecule has 1 aliphatic rings. The summed E-state index contributed by atoms with van der Waals surface area (Å²) in [5.41, 5.74) is 4.07. The number of methoxy groups -OCH3 is 1. The van der Waals surface area contributed by atoms with E-state index in [-0.39, 0.29) is 24.4 Å². The fourth-order valence-corrected chi connectivity index (χ4v) is 3.43. The van der Waals surface area contributed by atoms with Crippen LogP contribution in [0.2, 0.25) is 0 Å². The van der Waals surface area contributed by atoms with E-state index in [1.165, 1.54) is 7.11 Å². The first-order valence-corrected chi connectivity index (χ1v) is 7.05. The summed E-state index contributed by atoms with van der Waals surface area (Å²) in [7, 11) is 1.28. The number of Topliss-reactive ketones (excluding diaryl/α,β-unsaturated/α-hetero) is 2. The highest BCUT2D eigenvalue weighted by Crippen LogP contribution is 2.38. The zero-order valence-corrected chi connectivity index (χ0v) is 12.9. The van der Waals surface area contributed by atoms with Crippen molar-refractivity contribution in [2.24, 2.45) is 5.92 Å². The summed E-state index contributed by atoms with van der Waals surface area (Å²) in [6, 6.07) is 4.03. The first-order valence-electron chi connectivity index (χ1n) is 7.05. The Morgan fingerprint density at radius 2 is 1.71 bits per heavy atom. The Labute approximate surface area is 124 Å². The molecule has 1 aromatic rings. The van der Waals surface area contributed by atoms with Gasteiger partial charge in [0.05, 0.1) is 13.5 Å². The summed E-state index contributed by atoms with van der Waals surface area (Å²) in [5.74, 6) is -2.26. The Morgan fingerprint density at radius 1 is 1.14 bits per heavy atom. The molecule has 0 heterocycles. The van der Waals surface area contributed by atoms with E-state index in [1.807, 2.05) is 32.9 Å². The average molecular weight is 288 g/mol. The van der Waals surface area contributed by atoms with Crippen molar-refractivity contribution in [2.75, 3.05) is 7.11 Å². The van der Waals surface area contributed by atoms with Gasteiger partial charge < -0.3 is 4.74 Å². The van der Waals surface area contributed by atoms with Crippen LogP contribution < -0.4 is 0 Å². The van der Waals surface area contributed by atoms with Crippen molar-refractivity contribution in [3.8, 4) is 0 Å². The molecule has 0 aromatic heterocycles. The minimum Gasteiger partial charge on any atom is -0.468 e. The van der Waals surface area contributed by atoms with E-state index in [9.17, 15) is 14.4 Å². The van der Waals surface area contributed by atoms with Crippen LogP contribution in [0.15, 0.2) is 12.1 Å². The van der Waals surface area contributed by atoms with Gasteiger partial charge in [0.2, 0.25) is 0 Å². The van der Waals surface area contributed by atoms with Crippen molar-refractivity contribution in [2.45, 2.75) is 39.5 Å². The van der Waals surface area contributed by atoms with Crippen LogP contribution in [0.4, 0.5) is 0 Å². The van der Waals surface area contributed by atoms with Crippen LogP contribution in [0.1, 0.15) is 41.0 Å². The highest BCUT2D eigenvalue weighted by atomic mass is 16.5. The molecular weight excluding hydrogens is 268 g/mol. The lowest BCUT2D eigenvalue weighted by Crippen LogP contribution is -2.38. The normalized spacial score (nSPS) is 22.3. The number of carbonyl (C=O) groups is 3. The van der Waals surface area contributed by atoms with Gasteiger partial charge in [-0.3, -0.25) is 14.4 Å². The highest BCUT2D eigenvalue weighted by molar-refractivity contribution is 6.11. The van der Waals surface area contributed by atoms with Crippen LogP contribution in [0, 0.1) is 26.7 Å². The molecule has 2 atom stereocenters. The van der Waals surface area contributed by atoms with Crippen LogP contribution >= 0.6 is 0 Å². The Kier molecular flexibility index (Phi) is 4.26. The Morgan fingerprint density at radius 3 is 2.24 bits per heavy atom. The lowest BCUT2D eigenvalue weighted by Gasteiger charge is -2.30. The van der Waals surface area contributed by atoms with Crippen molar-refractivity contribution in [3.63, 3.8) is 0 Å². The average Bonchev–Trinajstić information content (AvgIpc) is 2.36. The van der Waals surface area contributed by atoms with E-state index in [2.05, 4.69) is 0 Å². The molecule has 0 aliphatic heterocycles. The molecule has 112 valence electrons. The second-order valence-electron chi connectivity index (χ2n) is 5.81. The van der Waals surface area contributed by atoms with Crippen molar-refractivity contribution < 1.29 is 19.1 Å². The zero-order chi connectivity index (χ0) is 15.7. The van der Waals surface area contributed by atoms with E-state index in [4.69, 9.17) is 4.74 Å². The van der Waals surface area contributed by atoms with Crippen LogP contribution in [0.25, 0.3) is 0 Å². The molecule has 0 spiro atoms. The summed E-state index contributed by atoms with van der Waals surface area (Å²) >= 11 is 0. The fourth-order valence-electron chi connectivity index (χ4n) is 3.43. The van der Waals surface area contributed by atoms with Gasteiger partial charge >= 0.3 is 5.97 Å². The third-order valence-electron chi connectivity index (χ3n) is 4.13. The third kappa shape index (κ3) is 2.89. The molecule has 4 heteroatoms. The van der Waals surface area contributed by atoms with E-state index < -0.39 is 17.8 Å². The summed E-state index contributed by atoms with van der Waals surface area (Å²) in [4.78, 5) is 36.0. The van der Waals surface area contributed by atoms with Gasteiger partial charge in [-0.1, -0.05) is 17.7 Å². The molecule has 4 nitrogen and oxygen atoms in total. The molecule has 0 unspecified atom stereocenters. The van der Waals surface area contributed by atoms with Crippen molar-refractivity contribution in [1.29, 1.82) is 0 Å². The molecule has 1 aliphatic carbocycles. The van der Waals surface area contributed by atoms with E-state index in [0.717, 1.165) is 22.3 Å². The van der Waals surface area contributed by atoms with Crippen LogP contribution in [0.3, 0.4) is 0 Å². The number of benzene rings is 1. The molecule has 2 rings (SSSR count). The Bertz CT molecular complexity index is 592. The predicted molar refractivity (Wildman–Crippen MR) is 78.1 cm³/mol. The molecule has 0 bridgehead atoms. The van der Waals surface area contributed by atoms with E-state index in [0.29, 0.717) is 0 Å². The maximum Gasteiger partial charge on any atom is 0.316 e. The second-order valence-corrected chi connectivity index (χ2v) is 5.81. The number of ether oxygens (including phenoxy) is 1. The van der Waals surface area contributed by atoms with Crippen LogP contribution in [-0.4, -0.2) is 24.6 Å². The van der Waals surface area contributed by atoms with E-state index >= 15 is 0 Å². The highest BCUT2D eigenvalue weighted by Gasteiger charge is 2.43. The van der Waals surface area contributed by atoms with Crippen molar-refractivity contribution >= 4 is 17.5 Å². The minimum absolute atomic E-state index is 0.107. The Hall–Kier alpha value is -1.97. The number of esters is 1. The number of carbonyl (C=O) groups excluding carboxylic acids is 3. The monoisotopic (exact) mass is 288 g/mol. The minimum atomic E-state index is -0.868. The van der Waals surface area contributed by atoms with Gasteiger partial charge in [0.15, 0.2) is 5.78 Å². The molecule has 0 N–H and O–H groups in total. The summed E-state index contributed by atoms with van der Waals surface area (Å²) < 4.78 is 4.78. The largest absolute Gasteiger partial charge is 0.468 e. The number of aryl methyl sites for hydroxylation is 3. The van der Waals surface area contributed by atoms with Gasteiger partial charge in [-0.25, -0.2) is 0 Å². The topological polar surface area (TPSA) is 60.4 Å². The maximum atomic E-state index is 12.2. The molecule has 1 fully saturated rings. The van der Waals surface area contributed by atoms with Crippen molar-refractivity contribution in [1.82, 2.24) is 0 Å². The van der Waals surface area contributed by atoms with Crippen molar-refractivity contribution in [3.05, 3.63) is 34.4 Å². The third-order valence-corrected chi connectivity index (χ3v) is 4.13. The standard InChI is InChI=1S/C17H20O4/c1-9-5-10(2)15(11(3)6-9)13-7-12(18)8-14(19)16(13)17(20)21-4/h5-6,13,16H,7-8H2,1-4H3/t13-,16-/m0/s1. The van der Waals surface area contributed by atoms with Gasteiger partial charge in [-0.15, -0.1) is 0 Å². The van der Waals surface area contributed by atoms with E-state index in [1.54, 1.807) is 0 Å². The van der Waals surface area contributed by atoms with Gasteiger partial charge in [0, 0.05) is 12.3 Å². The summed E-state index contributed by atoms with van der Waals surface area (Å²) in [6.07, 6.45) is 0.0521. The molecule has 21 heavy (non-hydrogen) atoms. The molecule has 1 saturated carbocycles. The SMILES string of the molecule is COC(=O)[C@@H]1C(=O)CC(=O)C[C@H]1c1c(C)cc(C)cc1C. The molecule has 0 saturated heterocycles. The predicted octanol–water partition coefficient (Wildman–Crippen LogP) is 2.42. The van der Waals surface area contributed by atoms with Gasteiger partial charge in [0.25, 0.3) is 0 Å². The van der Waals surface area contributed by atoms with Crippen LogP contribution in [0.5, 0.6) is 0 Å². The maximum absolute atomic E-state index is 12.2. The molecule has 0 amide bonds. The van der Waals surface area contributed by atoms with Gasteiger partial charge in [-0.2, -0.15) is 0 Å². The molecule has 0 radical (unpaired) electrons. The number of hydrogen-bond acceptors (Lipinski definition) is 4. The van der Waals surface area contributed by atoms with Crippen LogP contribution in [-0.2, 0) is 19.1 Å². The zero-order valence-electron chi connectivity index (χ0n) is 12.9. The number of hydrogen-bond donors (Lipinski definition) is 0.